The van der Waals surface area contributed by atoms with Gasteiger partial charge in [-0.25, -0.2) is 4.40 Å². The molecule has 2 N–H and O–H groups in total. The third-order valence-electron chi connectivity index (χ3n) is 3.79. The van der Waals surface area contributed by atoms with Gasteiger partial charge in [-0.1, -0.05) is 11.8 Å². The summed E-state index contributed by atoms with van der Waals surface area (Å²) in [7, 11) is 0. The van der Waals surface area contributed by atoms with Gasteiger partial charge in [0.2, 0.25) is 17.8 Å². The Hall–Kier alpha value is -2.63. The number of esters is 1. The first kappa shape index (κ1) is 22.7. The maximum atomic E-state index is 12.7. The molecule has 11 nitrogen and oxygen atoms in total. The molecule has 0 fully saturated rings. The Morgan fingerprint density at radius 2 is 1.86 bits per heavy atom. The summed E-state index contributed by atoms with van der Waals surface area (Å²) >= 11 is 1.22. The van der Waals surface area contributed by atoms with Crippen molar-refractivity contribution in [3.8, 4) is 0 Å². The summed E-state index contributed by atoms with van der Waals surface area (Å²) in [6, 6.07) is -0.133. The van der Waals surface area contributed by atoms with Crippen molar-refractivity contribution in [3.63, 3.8) is 0 Å². The molecule has 0 aliphatic carbocycles. The van der Waals surface area contributed by atoms with Crippen LogP contribution in [0, 0.1) is 0 Å². The number of thioether (sulfide) groups is 1. The monoisotopic (exact) mass is 424 g/mol. The number of amides is 1. The van der Waals surface area contributed by atoms with Crippen LogP contribution in [-0.4, -0.2) is 79.4 Å². The molecular formula is C17H28N8O3S. The summed E-state index contributed by atoms with van der Waals surface area (Å²) in [5, 5.41) is 15.0. The summed E-state index contributed by atoms with van der Waals surface area (Å²) in [6.07, 6.45) is 0. The fraction of sp³-hybridized carbons (Fsp3) is 0.647. The van der Waals surface area contributed by atoms with Gasteiger partial charge in [0, 0.05) is 19.1 Å². The summed E-state index contributed by atoms with van der Waals surface area (Å²) in [5.41, 5.74) is 0. The number of nitrogens with one attached hydrogen (secondary N) is 2. The molecule has 1 amide bonds. The predicted molar refractivity (Wildman–Crippen MR) is 111 cm³/mol. The first-order valence-electron chi connectivity index (χ1n) is 9.59. The highest BCUT2D eigenvalue weighted by molar-refractivity contribution is 7.99. The number of carbonyl (C=O) groups excluding carboxylic acids is 2. The fourth-order valence-electron chi connectivity index (χ4n) is 2.51. The standard InChI is InChI=1S/C17H28N8O3S/c1-6-18-14-20-15(19-7-2)25-16(21-14)22-23-17(25)29-10-12(26)24(11(4)5)9-13(27)28-8-3/h11H,6-10H2,1-5H3,(H2,18,19,20,21,22). The molecule has 2 heterocycles. The van der Waals surface area contributed by atoms with Crippen LogP contribution in [0.2, 0.25) is 0 Å². The van der Waals surface area contributed by atoms with Crippen molar-refractivity contribution in [1.82, 2.24) is 29.5 Å². The zero-order valence-electron chi connectivity index (χ0n) is 17.4. The fourth-order valence-corrected chi connectivity index (χ4v) is 3.33. The van der Waals surface area contributed by atoms with Gasteiger partial charge < -0.3 is 20.3 Å². The van der Waals surface area contributed by atoms with E-state index in [4.69, 9.17) is 4.74 Å². The zero-order valence-corrected chi connectivity index (χ0v) is 18.2. The summed E-state index contributed by atoms with van der Waals surface area (Å²) in [5.74, 6) is 0.862. The van der Waals surface area contributed by atoms with Crippen molar-refractivity contribution in [2.24, 2.45) is 0 Å². The molecular weight excluding hydrogens is 396 g/mol. The van der Waals surface area contributed by atoms with E-state index in [9.17, 15) is 9.59 Å². The van der Waals surface area contributed by atoms with Gasteiger partial charge >= 0.3 is 5.97 Å². The van der Waals surface area contributed by atoms with Crippen LogP contribution in [0.25, 0.3) is 5.78 Å². The lowest BCUT2D eigenvalue weighted by molar-refractivity contribution is -0.149. The Kier molecular flexibility index (Phi) is 8.43. The first-order chi connectivity index (χ1) is 13.9. The Bertz CT molecular complexity index is 841. The molecule has 0 unspecified atom stereocenters. The van der Waals surface area contributed by atoms with Crippen LogP contribution in [0.5, 0.6) is 0 Å². The maximum absolute atomic E-state index is 12.7. The van der Waals surface area contributed by atoms with Crippen molar-refractivity contribution < 1.29 is 14.3 Å². The van der Waals surface area contributed by atoms with Crippen LogP contribution >= 0.6 is 11.8 Å². The number of aromatic nitrogens is 5. The number of anilines is 2. The van der Waals surface area contributed by atoms with E-state index in [0.717, 1.165) is 0 Å². The molecule has 12 heteroatoms. The molecule has 0 radical (unpaired) electrons. The van der Waals surface area contributed by atoms with Gasteiger partial charge in [-0.3, -0.25) is 9.59 Å². The summed E-state index contributed by atoms with van der Waals surface area (Å²) in [6.45, 7) is 10.9. The quantitative estimate of drug-likeness (QED) is 0.402. The Morgan fingerprint density at radius 3 is 2.48 bits per heavy atom. The van der Waals surface area contributed by atoms with Crippen molar-refractivity contribution in [3.05, 3.63) is 0 Å². The van der Waals surface area contributed by atoms with Crippen LogP contribution in [0.3, 0.4) is 0 Å². The van der Waals surface area contributed by atoms with Gasteiger partial charge in [0.15, 0.2) is 5.16 Å². The molecule has 0 saturated carbocycles. The number of ether oxygens (including phenoxy) is 1. The topological polar surface area (TPSA) is 127 Å². The van der Waals surface area contributed by atoms with Gasteiger partial charge in [0.25, 0.3) is 5.78 Å². The second kappa shape index (κ2) is 10.8. The van der Waals surface area contributed by atoms with Crippen LogP contribution in [0.15, 0.2) is 5.16 Å². The molecule has 0 atom stereocenters. The molecule has 0 aromatic carbocycles. The number of carbonyl (C=O) groups is 2. The molecule has 2 aromatic rings. The lowest BCUT2D eigenvalue weighted by Crippen LogP contribution is -2.42. The van der Waals surface area contributed by atoms with Crippen LogP contribution in [0.4, 0.5) is 11.9 Å². The normalized spacial score (nSPS) is 11.0. The Balaban J connectivity index is 2.18. The number of hydrogen-bond donors (Lipinski definition) is 2. The van der Waals surface area contributed by atoms with Crippen LogP contribution in [-0.2, 0) is 14.3 Å². The highest BCUT2D eigenvalue weighted by Crippen LogP contribution is 2.21. The van der Waals surface area contributed by atoms with E-state index in [2.05, 4.69) is 30.8 Å². The van der Waals surface area contributed by atoms with Crippen molar-refractivity contribution in [1.29, 1.82) is 0 Å². The predicted octanol–water partition coefficient (Wildman–Crippen LogP) is 1.28. The van der Waals surface area contributed by atoms with E-state index in [0.29, 0.717) is 35.9 Å². The second-order valence-corrected chi connectivity index (χ2v) is 7.20. The zero-order chi connectivity index (χ0) is 21.4. The van der Waals surface area contributed by atoms with E-state index < -0.39 is 5.97 Å². The van der Waals surface area contributed by atoms with Crippen LogP contribution < -0.4 is 10.6 Å². The smallest absolute Gasteiger partial charge is 0.325 e. The number of hydrogen-bond acceptors (Lipinski definition) is 10. The molecule has 29 heavy (non-hydrogen) atoms. The lowest BCUT2D eigenvalue weighted by atomic mass is 10.3. The van der Waals surface area contributed by atoms with Gasteiger partial charge in [-0.15, -0.1) is 10.2 Å². The van der Waals surface area contributed by atoms with Gasteiger partial charge in [0.1, 0.15) is 6.54 Å². The van der Waals surface area contributed by atoms with E-state index in [1.807, 2.05) is 27.7 Å². The third-order valence-corrected chi connectivity index (χ3v) is 4.70. The van der Waals surface area contributed by atoms with Crippen molar-refractivity contribution >= 4 is 41.3 Å². The average Bonchev–Trinajstić information content (AvgIpc) is 3.08. The van der Waals surface area contributed by atoms with Crippen molar-refractivity contribution in [2.45, 2.75) is 45.8 Å². The molecule has 2 rings (SSSR count). The van der Waals surface area contributed by atoms with E-state index in [1.165, 1.54) is 16.7 Å². The van der Waals surface area contributed by atoms with Crippen molar-refractivity contribution in [2.75, 3.05) is 42.6 Å². The first-order valence-corrected chi connectivity index (χ1v) is 10.6. The van der Waals surface area contributed by atoms with E-state index >= 15 is 0 Å². The summed E-state index contributed by atoms with van der Waals surface area (Å²) in [4.78, 5) is 34.7. The molecule has 160 valence electrons. The number of nitrogens with zero attached hydrogens (tertiary/aromatic N) is 6. The lowest BCUT2D eigenvalue weighted by Gasteiger charge is -2.25. The van der Waals surface area contributed by atoms with Gasteiger partial charge in [-0.2, -0.15) is 9.97 Å². The Labute approximate surface area is 174 Å². The van der Waals surface area contributed by atoms with Crippen LogP contribution in [0.1, 0.15) is 34.6 Å². The van der Waals surface area contributed by atoms with E-state index in [-0.39, 0.29) is 30.9 Å². The molecule has 0 aliphatic rings. The minimum atomic E-state index is -0.425. The third kappa shape index (κ3) is 5.92. The highest BCUT2D eigenvalue weighted by Gasteiger charge is 2.22. The molecule has 0 aliphatic heterocycles. The second-order valence-electron chi connectivity index (χ2n) is 6.26. The molecule has 0 saturated heterocycles. The highest BCUT2D eigenvalue weighted by atomic mass is 32.2. The SMILES string of the molecule is CCNc1nc(NCC)n2c(SCC(=O)N(CC(=O)OCC)C(C)C)nnc2n1. The Morgan fingerprint density at radius 1 is 1.14 bits per heavy atom. The minimum Gasteiger partial charge on any atom is -0.465 e. The largest absolute Gasteiger partial charge is 0.465 e. The molecule has 0 bridgehead atoms. The van der Waals surface area contributed by atoms with Gasteiger partial charge in [0.05, 0.1) is 12.4 Å². The maximum Gasteiger partial charge on any atom is 0.325 e. The van der Waals surface area contributed by atoms with E-state index in [1.54, 1.807) is 11.3 Å². The number of rotatable bonds is 11. The molecule has 0 spiro atoms. The minimum absolute atomic E-state index is 0.0801. The van der Waals surface area contributed by atoms with Gasteiger partial charge in [-0.05, 0) is 34.6 Å². The number of fused-ring (bicyclic) bond motifs is 1. The average molecular weight is 425 g/mol. The molecule has 2 aromatic heterocycles. The summed E-state index contributed by atoms with van der Waals surface area (Å²) < 4.78 is 6.63.